The number of para-hydroxylation sites is 2. The number of ketones is 2. The Labute approximate surface area is 206 Å². The molecular weight excluding hydrogens is 443 g/mol. The van der Waals surface area contributed by atoms with Crippen molar-refractivity contribution in [3.8, 4) is 5.75 Å². The second-order valence-electron chi connectivity index (χ2n) is 6.80. The van der Waals surface area contributed by atoms with Gasteiger partial charge >= 0.3 is 29.6 Å². The van der Waals surface area contributed by atoms with Crippen LogP contribution in [0.2, 0.25) is 0 Å². The first-order valence-electron chi connectivity index (χ1n) is 9.33. The minimum atomic E-state index is -5.03. The van der Waals surface area contributed by atoms with E-state index in [0.29, 0.717) is 18.0 Å². The van der Waals surface area contributed by atoms with Crippen molar-refractivity contribution in [3.63, 3.8) is 0 Å². The van der Waals surface area contributed by atoms with Crippen molar-refractivity contribution < 1.29 is 56.9 Å². The van der Waals surface area contributed by atoms with Gasteiger partial charge in [-0.05, 0) is 25.1 Å². The van der Waals surface area contributed by atoms with Crippen molar-refractivity contribution >= 4 is 38.7 Å². The predicted octanol–water partition coefficient (Wildman–Crippen LogP) is 0.0946. The topological polar surface area (TPSA) is 139 Å². The summed E-state index contributed by atoms with van der Waals surface area (Å²) in [6.07, 6.45) is 0. The molecule has 0 aliphatic heterocycles. The smallest absolute Gasteiger partial charge is 0.744 e. The van der Waals surface area contributed by atoms with E-state index >= 15 is 0 Å². The average molecular weight is 460 g/mol. The van der Waals surface area contributed by atoms with Crippen LogP contribution in [0.4, 0.5) is 17.1 Å². The van der Waals surface area contributed by atoms with Gasteiger partial charge in [0.1, 0.15) is 15.9 Å². The van der Waals surface area contributed by atoms with Crippen LogP contribution in [0.25, 0.3) is 0 Å². The summed E-state index contributed by atoms with van der Waals surface area (Å²) in [6, 6.07) is 13.9. The van der Waals surface area contributed by atoms with Gasteiger partial charge in [0.05, 0.1) is 39.7 Å². The standard InChI is InChI=1S/C22H18N2O6S.Na/c1-2-30-16-10-6-5-9-14(16)24-15-11-17(31(27,28)29)20(23)19-18(15)21(25)12-7-3-4-8-13(12)22(19)26;/h3-11,24H,2,23H2,1H3,(H,27,28,29);/q;+1/p-1. The quantitative estimate of drug-likeness (QED) is 0.243. The number of hydrogen-bond acceptors (Lipinski definition) is 8. The Morgan fingerprint density at radius 1 is 0.938 bits per heavy atom. The Hall–Kier alpha value is -2.69. The van der Waals surface area contributed by atoms with Gasteiger partial charge in [-0.3, -0.25) is 9.59 Å². The molecule has 3 aromatic rings. The maximum atomic E-state index is 13.3. The van der Waals surface area contributed by atoms with Gasteiger partial charge in [0.15, 0.2) is 11.6 Å². The normalized spacial score (nSPS) is 12.4. The van der Waals surface area contributed by atoms with Crippen LogP contribution in [0.15, 0.2) is 59.5 Å². The van der Waals surface area contributed by atoms with Gasteiger partial charge in [0.2, 0.25) is 0 Å². The molecule has 0 bridgehead atoms. The molecule has 3 aromatic carbocycles. The van der Waals surface area contributed by atoms with E-state index in [1.807, 2.05) is 0 Å². The molecular formula is C22H17N2NaO6S. The fourth-order valence-corrected chi connectivity index (χ4v) is 4.23. The summed E-state index contributed by atoms with van der Waals surface area (Å²) in [5, 5.41) is 2.95. The van der Waals surface area contributed by atoms with Crippen LogP contribution in [0, 0.1) is 0 Å². The van der Waals surface area contributed by atoms with Gasteiger partial charge < -0.3 is 20.3 Å². The SMILES string of the molecule is CCOc1ccccc1Nc1cc(S(=O)(=O)[O-])c(N)c2c1C(=O)c1ccccc1C2=O.[Na+]. The molecule has 0 radical (unpaired) electrons. The molecule has 32 heavy (non-hydrogen) atoms. The van der Waals surface area contributed by atoms with Crippen molar-refractivity contribution in [2.24, 2.45) is 0 Å². The maximum absolute atomic E-state index is 13.3. The van der Waals surface area contributed by atoms with Gasteiger partial charge in [-0.1, -0.05) is 36.4 Å². The molecule has 0 amide bonds. The summed E-state index contributed by atoms with van der Waals surface area (Å²) in [5.74, 6) is -0.699. The molecule has 0 atom stereocenters. The van der Waals surface area contributed by atoms with Crippen LogP contribution in [0.1, 0.15) is 38.8 Å². The molecule has 4 rings (SSSR count). The zero-order chi connectivity index (χ0) is 22.3. The number of benzene rings is 3. The summed E-state index contributed by atoms with van der Waals surface area (Å²) >= 11 is 0. The molecule has 158 valence electrons. The molecule has 0 fully saturated rings. The van der Waals surface area contributed by atoms with Crippen LogP contribution in [-0.4, -0.2) is 31.1 Å². The van der Waals surface area contributed by atoms with E-state index in [0.717, 1.165) is 6.07 Å². The van der Waals surface area contributed by atoms with Crippen molar-refractivity contribution in [1.82, 2.24) is 0 Å². The number of carbonyl (C=O) groups excluding carboxylic acids is 2. The molecule has 0 spiro atoms. The van der Waals surface area contributed by atoms with E-state index in [2.05, 4.69) is 5.32 Å². The summed E-state index contributed by atoms with van der Waals surface area (Å²) in [6.45, 7) is 2.16. The molecule has 0 unspecified atom stereocenters. The third kappa shape index (κ3) is 4.05. The minimum Gasteiger partial charge on any atom is -0.744 e. The number of fused-ring (bicyclic) bond motifs is 2. The number of rotatable bonds is 5. The molecule has 10 heteroatoms. The number of ether oxygens (including phenoxy) is 1. The van der Waals surface area contributed by atoms with E-state index in [-0.39, 0.29) is 57.5 Å². The molecule has 1 aliphatic carbocycles. The van der Waals surface area contributed by atoms with Crippen molar-refractivity contribution in [3.05, 3.63) is 76.9 Å². The number of hydrogen-bond donors (Lipinski definition) is 2. The van der Waals surface area contributed by atoms with Gasteiger partial charge in [-0.2, -0.15) is 0 Å². The maximum Gasteiger partial charge on any atom is 1.00 e. The summed E-state index contributed by atoms with van der Waals surface area (Å²) in [4.78, 5) is 25.7. The van der Waals surface area contributed by atoms with Crippen LogP contribution in [0.5, 0.6) is 5.75 Å². The number of nitrogens with two attached hydrogens (primary N) is 1. The monoisotopic (exact) mass is 460 g/mol. The van der Waals surface area contributed by atoms with Crippen LogP contribution >= 0.6 is 0 Å². The largest absolute Gasteiger partial charge is 1.00 e. The first-order chi connectivity index (χ1) is 14.7. The Morgan fingerprint density at radius 2 is 1.50 bits per heavy atom. The molecule has 0 saturated heterocycles. The van der Waals surface area contributed by atoms with E-state index in [9.17, 15) is 22.6 Å². The van der Waals surface area contributed by atoms with Gasteiger partial charge in [-0.15, -0.1) is 0 Å². The van der Waals surface area contributed by atoms with E-state index < -0.39 is 32.3 Å². The first kappa shape index (κ1) is 24.0. The van der Waals surface area contributed by atoms with Crippen LogP contribution < -0.4 is 45.3 Å². The summed E-state index contributed by atoms with van der Waals surface area (Å²) in [7, 11) is -5.03. The van der Waals surface area contributed by atoms with E-state index in [1.54, 1.807) is 43.3 Å². The second kappa shape index (κ2) is 9.05. The molecule has 8 nitrogen and oxygen atoms in total. The fourth-order valence-electron chi connectivity index (χ4n) is 3.60. The number of anilines is 3. The number of nitrogen functional groups attached to an aromatic ring is 1. The first-order valence-corrected chi connectivity index (χ1v) is 10.7. The van der Waals surface area contributed by atoms with Gasteiger partial charge in [0.25, 0.3) is 0 Å². The fraction of sp³-hybridized carbons (Fsp3) is 0.0909. The molecule has 3 N–H and O–H groups in total. The van der Waals surface area contributed by atoms with E-state index in [4.69, 9.17) is 10.5 Å². The summed E-state index contributed by atoms with van der Waals surface area (Å²) < 4.78 is 41.1. The van der Waals surface area contributed by atoms with Crippen LogP contribution in [0.3, 0.4) is 0 Å². The predicted molar refractivity (Wildman–Crippen MR) is 113 cm³/mol. The van der Waals surface area contributed by atoms with Gasteiger partial charge in [-0.25, -0.2) is 8.42 Å². The van der Waals surface area contributed by atoms with Crippen LogP contribution in [-0.2, 0) is 10.1 Å². The number of nitrogens with one attached hydrogen (secondary N) is 1. The van der Waals surface area contributed by atoms with Gasteiger partial charge in [0, 0.05) is 11.1 Å². The molecule has 0 aromatic heterocycles. The zero-order valence-electron chi connectivity index (χ0n) is 17.3. The van der Waals surface area contributed by atoms with E-state index in [1.165, 1.54) is 12.1 Å². The third-order valence-electron chi connectivity index (χ3n) is 4.93. The minimum absolute atomic E-state index is 0. The zero-order valence-corrected chi connectivity index (χ0v) is 20.2. The van der Waals surface area contributed by atoms with Crippen molar-refractivity contribution in [1.29, 1.82) is 0 Å². The average Bonchev–Trinajstić information content (AvgIpc) is 2.73. The Morgan fingerprint density at radius 3 is 2.09 bits per heavy atom. The summed E-state index contributed by atoms with van der Waals surface area (Å²) in [5.41, 5.74) is 5.64. The second-order valence-corrected chi connectivity index (χ2v) is 8.15. The Bertz CT molecular complexity index is 1350. The number of carbonyl (C=O) groups is 2. The van der Waals surface area contributed by atoms with Crippen molar-refractivity contribution in [2.75, 3.05) is 17.7 Å². The molecule has 0 heterocycles. The Balaban J connectivity index is 0.00000289. The Kier molecular flexibility index (Phi) is 6.77. The molecule has 1 aliphatic rings. The third-order valence-corrected chi connectivity index (χ3v) is 5.80. The molecule has 0 saturated carbocycles. The van der Waals surface area contributed by atoms with Crippen molar-refractivity contribution in [2.45, 2.75) is 11.8 Å².